The predicted molar refractivity (Wildman–Crippen MR) is 72.7 cm³/mol. The molecule has 0 unspecified atom stereocenters. The third-order valence-electron chi connectivity index (χ3n) is 1.94. The summed E-state index contributed by atoms with van der Waals surface area (Å²) in [7, 11) is 0. The summed E-state index contributed by atoms with van der Waals surface area (Å²) in [6.45, 7) is 5.42. The summed E-state index contributed by atoms with van der Waals surface area (Å²) in [5.74, 6) is -1.20. The summed E-state index contributed by atoms with van der Waals surface area (Å²) in [5.41, 5.74) is -0.171. The van der Waals surface area contributed by atoms with E-state index in [1.807, 2.05) is 0 Å². The Labute approximate surface area is 112 Å². The maximum absolute atomic E-state index is 11.7. The highest BCUT2D eigenvalue weighted by molar-refractivity contribution is 9.11. The minimum absolute atomic E-state index is 0.0357. The fraction of sp³-hybridized carbons (Fsp3) is 0.0833. The number of halogens is 1. The van der Waals surface area contributed by atoms with E-state index < -0.39 is 11.5 Å². The number of nitrogens with one attached hydrogen (secondary N) is 1. The molecule has 1 rings (SSSR count). The van der Waals surface area contributed by atoms with Crippen LogP contribution in [0.25, 0.3) is 5.57 Å². The maximum Gasteiger partial charge on any atom is 0.356 e. The van der Waals surface area contributed by atoms with Crippen LogP contribution in [0.15, 0.2) is 40.3 Å². The van der Waals surface area contributed by atoms with Gasteiger partial charge in [-0.25, -0.2) is 9.78 Å². The van der Waals surface area contributed by atoms with Crippen molar-refractivity contribution in [2.24, 2.45) is 0 Å². The van der Waals surface area contributed by atoms with Crippen LogP contribution in [0.5, 0.6) is 0 Å². The number of carbonyl (C=O) groups is 1. The molecule has 1 aromatic rings. The molecule has 5 nitrogen and oxygen atoms in total. The lowest BCUT2D eigenvalue weighted by atomic mass is 10.1. The number of carboxylic acid groups (broad SMARTS) is 1. The first-order valence-electron chi connectivity index (χ1n) is 4.98. The van der Waals surface area contributed by atoms with Gasteiger partial charge in [0.1, 0.15) is 5.69 Å². The molecular weight excluding hydrogens is 300 g/mol. The van der Waals surface area contributed by atoms with Crippen LogP contribution in [0.3, 0.4) is 0 Å². The van der Waals surface area contributed by atoms with E-state index in [4.69, 9.17) is 5.11 Å². The molecule has 0 bridgehead atoms. The van der Waals surface area contributed by atoms with Gasteiger partial charge in [-0.3, -0.25) is 4.79 Å². The largest absolute Gasteiger partial charge is 0.476 e. The molecule has 0 radical (unpaired) electrons. The summed E-state index contributed by atoms with van der Waals surface area (Å²) >= 11 is 3.15. The van der Waals surface area contributed by atoms with Gasteiger partial charge in [0.05, 0.1) is 0 Å². The average Bonchev–Trinajstić information content (AvgIpc) is 2.28. The topological polar surface area (TPSA) is 83.0 Å². The standard InChI is InChI=1S/C12H11BrN2O3/c1-3-4-8(5-7(2)13)10-11(16)14-6-9(15-10)12(17)18/h3-6H,2H2,1H3,(H,14,16)(H,17,18)/b4-3?,8-5+. The Balaban J connectivity index is 3.45. The van der Waals surface area contributed by atoms with Crippen LogP contribution in [0, 0.1) is 0 Å². The van der Waals surface area contributed by atoms with Crippen molar-refractivity contribution in [1.29, 1.82) is 0 Å². The molecule has 0 aliphatic heterocycles. The lowest BCUT2D eigenvalue weighted by molar-refractivity contribution is 0.0690. The van der Waals surface area contributed by atoms with Crippen LogP contribution in [0.1, 0.15) is 23.1 Å². The SMILES string of the molecule is C=C(Br)/C=C(\C=CC)c1nc(C(=O)O)c[nH]c1=O. The Hall–Kier alpha value is -1.95. The highest BCUT2D eigenvalue weighted by Crippen LogP contribution is 2.15. The minimum Gasteiger partial charge on any atom is -0.476 e. The van der Waals surface area contributed by atoms with Crippen molar-refractivity contribution >= 4 is 27.5 Å². The molecule has 0 atom stereocenters. The van der Waals surface area contributed by atoms with Gasteiger partial charge in [-0.05, 0) is 13.0 Å². The number of nitrogens with zero attached hydrogens (tertiary/aromatic N) is 1. The molecule has 0 spiro atoms. The Morgan fingerprint density at radius 3 is 2.78 bits per heavy atom. The van der Waals surface area contributed by atoms with E-state index in [2.05, 4.69) is 32.5 Å². The fourth-order valence-electron chi connectivity index (χ4n) is 1.25. The Bertz CT molecular complexity index is 600. The number of allylic oxidation sites excluding steroid dienone is 5. The van der Waals surface area contributed by atoms with E-state index in [9.17, 15) is 9.59 Å². The zero-order chi connectivity index (χ0) is 13.7. The van der Waals surface area contributed by atoms with Crippen molar-refractivity contribution in [3.63, 3.8) is 0 Å². The van der Waals surface area contributed by atoms with Crippen LogP contribution < -0.4 is 5.56 Å². The predicted octanol–water partition coefficient (Wildman–Crippen LogP) is 2.34. The molecule has 0 aliphatic carbocycles. The third kappa shape index (κ3) is 3.53. The first kappa shape index (κ1) is 14.1. The summed E-state index contributed by atoms with van der Waals surface area (Å²) < 4.78 is 0.553. The van der Waals surface area contributed by atoms with Crippen molar-refractivity contribution in [2.45, 2.75) is 6.92 Å². The number of aromatic carboxylic acids is 1. The number of aromatic amines is 1. The second-order valence-corrected chi connectivity index (χ2v) is 4.33. The summed E-state index contributed by atoms with van der Waals surface area (Å²) in [5, 5.41) is 8.84. The number of H-pyrrole nitrogens is 1. The van der Waals surface area contributed by atoms with Crippen LogP contribution in [-0.2, 0) is 0 Å². The van der Waals surface area contributed by atoms with E-state index in [-0.39, 0.29) is 11.4 Å². The molecule has 0 aromatic carbocycles. The van der Waals surface area contributed by atoms with Crippen molar-refractivity contribution in [2.75, 3.05) is 0 Å². The normalized spacial score (nSPS) is 11.8. The highest BCUT2D eigenvalue weighted by atomic mass is 79.9. The van der Waals surface area contributed by atoms with Gasteiger partial charge in [0.2, 0.25) is 0 Å². The third-order valence-corrected chi connectivity index (χ3v) is 2.17. The first-order chi connectivity index (χ1) is 8.45. The van der Waals surface area contributed by atoms with Gasteiger partial charge >= 0.3 is 5.97 Å². The van der Waals surface area contributed by atoms with Crippen LogP contribution in [0.4, 0.5) is 0 Å². The monoisotopic (exact) mass is 310 g/mol. The molecule has 0 amide bonds. The fourth-order valence-corrected chi connectivity index (χ4v) is 1.50. The van der Waals surface area contributed by atoms with Gasteiger partial charge in [0.25, 0.3) is 5.56 Å². The van der Waals surface area contributed by atoms with Gasteiger partial charge in [0.15, 0.2) is 5.69 Å². The van der Waals surface area contributed by atoms with Gasteiger partial charge in [0, 0.05) is 16.3 Å². The second kappa shape index (κ2) is 6.11. The molecular formula is C12H11BrN2O3. The maximum atomic E-state index is 11.7. The number of hydrogen-bond donors (Lipinski definition) is 2. The lowest BCUT2D eigenvalue weighted by Crippen LogP contribution is -2.17. The minimum atomic E-state index is -1.20. The number of carboxylic acids is 1. The molecule has 94 valence electrons. The van der Waals surface area contributed by atoms with E-state index >= 15 is 0 Å². The molecule has 6 heteroatoms. The molecule has 1 aromatic heterocycles. The second-order valence-electron chi connectivity index (χ2n) is 3.32. The van der Waals surface area contributed by atoms with Crippen molar-refractivity contribution in [1.82, 2.24) is 9.97 Å². The summed E-state index contributed by atoms with van der Waals surface area (Å²) in [6, 6.07) is 0. The molecule has 0 aliphatic rings. The Morgan fingerprint density at radius 2 is 2.28 bits per heavy atom. The van der Waals surface area contributed by atoms with Gasteiger partial charge in [-0.1, -0.05) is 34.7 Å². The van der Waals surface area contributed by atoms with E-state index in [0.717, 1.165) is 6.20 Å². The quantitative estimate of drug-likeness (QED) is 0.836. The zero-order valence-corrected chi connectivity index (χ0v) is 11.2. The number of hydrogen-bond acceptors (Lipinski definition) is 3. The number of rotatable bonds is 4. The molecule has 18 heavy (non-hydrogen) atoms. The van der Waals surface area contributed by atoms with Gasteiger partial charge in [-0.2, -0.15) is 0 Å². The van der Waals surface area contributed by atoms with E-state index in [1.165, 1.54) is 0 Å². The molecule has 2 N–H and O–H groups in total. The Kier molecular flexibility index (Phi) is 4.79. The van der Waals surface area contributed by atoms with Crippen molar-refractivity contribution in [3.8, 4) is 0 Å². The highest BCUT2D eigenvalue weighted by Gasteiger charge is 2.11. The van der Waals surface area contributed by atoms with E-state index in [0.29, 0.717) is 10.1 Å². The molecule has 0 saturated heterocycles. The van der Waals surface area contributed by atoms with Crippen LogP contribution >= 0.6 is 15.9 Å². The van der Waals surface area contributed by atoms with Crippen molar-refractivity contribution < 1.29 is 9.90 Å². The smallest absolute Gasteiger partial charge is 0.356 e. The summed E-state index contributed by atoms with van der Waals surface area (Å²) in [6.07, 6.45) is 6.01. The molecule has 0 fully saturated rings. The Morgan fingerprint density at radius 1 is 1.61 bits per heavy atom. The first-order valence-corrected chi connectivity index (χ1v) is 5.77. The van der Waals surface area contributed by atoms with Crippen LogP contribution in [-0.4, -0.2) is 21.0 Å². The van der Waals surface area contributed by atoms with E-state index in [1.54, 1.807) is 25.2 Å². The summed E-state index contributed by atoms with van der Waals surface area (Å²) in [4.78, 5) is 28.6. The van der Waals surface area contributed by atoms with Crippen molar-refractivity contribution in [3.05, 3.63) is 57.2 Å². The zero-order valence-electron chi connectivity index (χ0n) is 9.61. The number of aromatic nitrogens is 2. The van der Waals surface area contributed by atoms with Gasteiger partial charge < -0.3 is 10.1 Å². The molecule has 1 heterocycles. The molecule has 0 saturated carbocycles. The van der Waals surface area contributed by atoms with Crippen LogP contribution in [0.2, 0.25) is 0 Å². The van der Waals surface area contributed by atoms with Gasteiger partial charge in [-0.15, -0.1) is 0 Å². The average molecular weight is 311 g/mol. The lowest BCUT2D eigenvalue weighted by Gasteiger charge is -2.02.